The lowest BCUT2D eigenvalue weighted by Crippen LogP contribution is -2.45. The molecular formula is C24H25FN4O2. The SMILES string of the molecule is COCc1cc(C)nc2c1C(=O)N[C@@H](c1ccc(N(C)C)cc1)N2c1ccc(F)cc1. The molecule has 0 saturated heterocycles. The summed E-state index contributed by atoms with van der Waals surface area (Å²) in [4.78, 5) is 21.8. The topological polar surface area (TPSA) is 57.7 Å². The maximum Gasteiger partial charge on any atom is 0.257 e. The summed E-state index contributed by atoms with van der Waals surface area (Å²) in [6.07, 6.45) is -0.494. The Morgan fingerprint density at radius 1 is 1.13 bits per heavy atom. The Hall–Kier alpha value is -3.45. The van der Waals surface area contributed by atoms with E-state index in [-0.39, 0.29) is 11.7 Å². The molecule has 6 nitrogen and oxygen atoms in total. The standard InChI is InChI=1S/C24H25FN4O2/c1-15-13-17(14-31-4)21-23(26-15)29(20-11-7-18(25)8-12-20)22(27-24(21)30)16-5-9-19(10-6-16)28(2)3/h5-13,22H,14H2,1-4H3,(H,27,30)/t22-/m1/s1. The zero-order valence-corrected chi connectivity index (χ0v) is 18.0. The predicted molar refractivity (Wildman–Crippen MR) is 119 cm³/mol. The van der Waals surface area contributed by atoms with E-state index in [1.54, 1.807) is 19.2 Å². The fraction of sp³-hybridized carbons (Fsp3) is 0.250. The third-order valence-electron chi connectivity index (χ3n) is 5.32. The van der Waals surface area contributed by atoms with Crippen molar-refractivity contribution in [2.24, 2.45) is 0 Å². The number of nitrogens with one attached hydrogen (secondary N) is 1. The monoisotopic (exact) mass is 420 g/mol. The van der Waals surface area contributed by atoms with Crippen molar-refractivity contribution in [2.45, 2.75) is 19.7 Å². The lowest BCUT2D eigenvalue weighted by atomic mass is 10.0. The molecule has 0 spiro atoms. The number of rotatable bonds is 5. The van der Waals surface area contributed by atoms with E-state index < -0.39 is 6.17 Å². The molecule has 2 aromatic carbocycles. The van der Waals surface area contributed by atoms with Crippen LogP contribution in [-0.4, -0.2) is 32.1 Å². The first-order chi connectivity index (χ1) is 14.9. The molecule has 0 unspecified atom stereocenters. The molecule has 0 saturated carbocycles. The number of fused-ring (bicyclic) bond motifs is 1. The highest BCUT2D eigenvalue weighted by Crippen LogP contribution is 2.40. The number of nitrogens with zero attached hydrogens (tertiary/aromatic N) is 3. The summed E-state index contributed by atoms with van der Waals surface area (Å²) in [5.41, 5.74) is 4.68. The number of hydrogen-bond donors (Lipinski definition) is 1. The first-order valence-electron chi connectivity index (χ1n) is 10.0. The van der Waals surface area contributed by atoms with Crippen LogP contribution in [0.4, 0.5) is 21.6 Å². The first kappa shape index (κ1) is 20.8. The van der Waals surface area contributed by atoms with Gasteiger partial charge in [-0.05, 0) is 60.5 Å². The molecule has 4 rings (SSSR count). The Balaban J connectivity index is 1.90. The third-order valence-corrected chi connectivity index (χ3v) is 5.32. The molecule has 0 radical (unpaired) electrons. The van der Waals surface area contributed by atoms with E-state index in [4.69, 9.17) is 9.72 Å². The van der Waals surface area contributed by atoms with Crippen LogP contribution in [-0.2, 0) is 11.3 Å². The molecule has 1 N–H and O–H groups in total. The molecule has 7 heteroatoms. The van der Waals surface area contributed by atoms with Crippen LogP contribution in [0, 0.1) is 12.7 Å². The van der Waals surface area contributed by atoms with Gasteiger partial charge < -0.3 is 19.9 Å². The van der Waals surface area contributed by atoms with Gasteiger partial charge in [0.25, 0.3) is 5.91 Å². The zero-order chi connectivity index (χ0) is 22.1. The summed E-state index contributed by atoms with van der Waals surface area (Å²) in [5, 5.41) is 3.10. The van der Waals surface area contributed by atoms with Gasteiger partial charge in [0.15, 0.2) is 0 Å². The van der Waals surface area contributed by atoms with Gasteiger partial charge in [0.05, 0.1) is 12.2 Å². The molecule has 3 aromatic rings. The largest absolute Gasteiger partial charge is 0.380 e. The van der Waals surface area contributed by atoms with Crippen LogP contribution >= 0.6 is 0 Å². The number of aromatic nitrogens is 1. The van der Waals surface area contributed by atoms with Crippen LogP contribution in [0.15, 0.2) is 54.6 Å². The second-order valence-electron chi connectivity index (χ2n) is 7.76. The number of carbonyl (C=O) groups is 1. The van der Waals surface area contributed by atoms with Crippen molar-refractivity contribution in [1.29, 1.82) is 0 Å². The molecule has 1 amide bonds. The summed E-state index contributed by atoms with van der Waals surface area (Å²) in [5.74, 6) is -0.00660. The maximum absolute atomic E-state index is 13.7. The normalized spacial score (nSPS) is 15.5. The van der Waals surface area contributed by atoms with Crippen molar-refractivity contribution in [1.82, 2.24) is 10.3 Å². The quantitative estimate of drug-likeness (QED) is 0.666. The van der Waals surface area contributed by atoms with Crippen molar-refractivity contribution >= 4 is 23.1 Å². The van der Waals surface area contributed by atoms with Crippen LogP contribution in [0.5, 0.6) is 0 Å². The van der Waals surface area contributed by atoms with Crippen LogP contribution in [0.2, 0.25) is 0 Å². The molecule has 1 aliphatic heterocycles. The summed E-state index contributed by atoms with van der Waals surface area (Å²) in [6, 6.07) is 16.0. The number of halogens is 1. The summed E-state index contributed by atoms with van der Waals surface area (Å²) in [7, 11) is 5.54. The molecule has 1 aromatic heterocycles. The molecule has 31 heavy (non-hydrogen) atoms. The van der Waals surface area contributed by atoms with Gasteiger partial charge in [-0.2, -0.15) is 0 Å². The average molecular weight is 420 g/mol. The highest BCUT2D eigenvalue weighted by molar-refractivity contribution is 6.03. The van der Waals surface area contributed by atoms with Gasteiger partial charge in [0, 0.05) is 38.3 Å². The molecule has 1 atom stereocenters. The molecule has 0 aliphatic carbocycles. The Morgan fingerprint density at radius 2 is 1.81 bits per heavy atom. The lowest BCUT2D eigenvalue weighted by Gasteiger charge is -2.39. The fourth-order valence-corrected chi connectivity index (χ4v) is 3.86. The predicted octanol–water partition coefficient (Wildman–Crippen LogP) is 4.32. The maximum atomic E-state index is 13.7. The third kappa shape index (κ3) is 3.96. The Bertz CT molecular complexity index is 1100. The number of hydrogen-bond acceptors (Lipinski definition) is 5. The Kier molecular flexibility index (Phi) is 5.61. The number of anilines is 3. The molecule has 160 valence electrons. The second-order valence-corrected chi connectivity index (χ2v) is 7.76. The summed E-state index contributed by atoms with van der Waals surface area (Å²) in [6.45, 7) is 2.17. The lowest BCUT2D eigenvalue weighted by molar-refractivity contribution is 0.0923. The van der Waals surface area contributed by atoms with E-state index in [2.05, 4.69) is 5.32 Å². The van der Waals surface area contributed by atoms with Crippen molar-refractivity contribution in [2.75, 3.05) is 31.0 Å². The van der Waals surface area contributed by atoms with Gasteiger partial charge >= 0.3 is 0 Å². The van der Waals surface area contributed by atoms with Crippen molar-refractivity contribution in [3.8, 4) is 0 Å². The number of carbonyl (C=O) groups excluding carboxylic acids is 1. The van der Waals surface area contributed by atoms with Gasteiger partial charge in [0.2, 0.25) is 0 Å². The number of benzene rings is 2. The Labute approximate surface area is 181 Å². The highest BCUT2D eigenvalue weighted by Gasteiger charge is 2.36. The number of aryl methyl sites for hydroxylation is 1. The van der Waals surface area contributed by atoms with Crippen LogP contribution in [0.1, 0.15) is 33.3 Å². The van der Waals surface area contributed by atoms with E-state index in [0.717, 1.165) is 28.2 Å². The molecular weight excluding hydrogens is 395 g/mol. The van der Waals surface area contributed by atoms with Crippen LogP contribution in [0.3, 0.4) is 0 Å². The molecule has 2 heterocycles. The average Bonchev–Trinajstić information content (AvgIpc) is 2.74. The van der Waals surface area contributed by atoms with Gasteiger partial charge in [-0.1, -0.05) is 12.1 Å². The first-order valence-corrected chi connectivity index (χ1v) is 10.0. The number of amides is 1. The fourth-order valence-electron chi connectivity index (χ4n) is 3.86. The van der Waals surface area contributed by atoms with Gasteiger partial charge in [-0.3, -0.25) is 4.79 Å². The van der Waals surface area contributed by atoms with Gasteiger partial charge in [-0.25, -0.2) is 9.37 Å². The number of pyridine rings is 1. The molecule has 0 bridgehead atoms. The van der Waals surface area contributed by atoms with E-state index in [1.165, 1.54) is 12.1 Å². The molecule has 0 fully saturated rings. The minimum Gasteiger partial charge on any atom is -0.380 e. The highest BCUT2D eigenvalue weighted by atomic mass is 19.1. The van der Waals surface area contributed by atoms with E-state index >= 15 is 0 Å². The van der Waals surface area contributed by atoms with Crippen molar-refractivity contribution in [3.05, 3.63) is 82.8 Å². The zero-order valence-electron chi connectivity index (χ0n) is 18.0. The summed E-state index contributed by atoms with van der Waals surface area (Å²) >= 11 is 0. The summed E-state index contributed by atoms with van der Waals surface area (Å²) < 4.78 is 19.0. The van der Waals surface area contributed by atoms with Crippen LogP contribution < -0.4 is 15.1 Å². The van der Waals surface area contributed by atoms with E-state index in [9.17, 15) is 9.18 Å². The van der Waals surface area contributed by atoms with Crippen molar-refractivity contribution < 1.29 is 13.9 Å². The van der Waals surface area contributed by atoms with Gasteiger partial charge in [-0.15, -0.1) is 0 Å². The second kappa shape index (κ2) is 8.35. The van der Waals surface area contributed by atoms with Crippen molar-refractivity contribution in [3.63, 3.8) is 0 Å². The number of ether oxygens (including phenoxy) is 1. The minimum absolute atomic E-state index is 0.213. The number of methoxy groups -OCH3 is 1. The van der Waals surface area contributed by atoms with E-state index in [1.807, 2.05) is 61.2 Å². The van der Waals surface area contributed by atoms with Crippen LogP contribution in [0.25, 0.3) is 0 Å². The van der Waals surface area contributed by atoms with E-state index in [0.29, 0.717) is 18.0 Å². The smallest absolute Gasteiger partial charge is 0.257 e. The minimum atomic E-state index is -0.494. The molecule has 1 aliphatic rings. The Morgan fingerprint density at radius 3 is 2.42 bits per heavy atom. The van der Waals surface area contributed by atoms with Gasteiger partial charge in [0.1, 0.15) is 17.8 Å².